The van der Waals surface area contributed by atoms with Gasteiger partial charge in [-0.15, -0.1) is 11.8 Å². The minimum atomic E-state index is 0.696. The van der Waals surface area contributed by atoms with Crippen LogP contribution in [0.25, 0.3) is 0 Å². The molecule has 1 aromatic carbocycles. The van der Waals surface area contributed by atoms with Crippen molar-refractivity contribution in [3.63, 3.8) is 0 Å². The Kier molecular flexibility index (Phi) is 6.95. The minimum Gasteiger partial charge on any atom is -0.313 e. The Hall–Kier alpha value is -0.470. The van der Waals surface area contributed by atoms with Crippen LogP contribution < -0.4 is 5.32 Å². The largest absolute Gasteiger partial charge is 0.313 e. The highest BCUT2D eigenvalue weighted by Gasteiger charge is 2.23. The first-order valence-electron chi connectivity index (χ1n) is 8.26. The number of aryl methyl sites for hydroxylation is 1. The average Bonchev–Trinajstić information content (AvgIpc) is 2.44. The van der Waals surface area contributed by atoms with Crippen LogP contribution in [0.15, 0.2) is 29.2 Å². The maximum atomic E-state index is 3.80. The maximum absolute atomic E-state index is 3.80. The van der Waals surface area contributed by atoms with Crippen LogP contribution in [-0.4, -0.2) is 17.8 Å². The third-order valence-corrected chi connectivity index (χ3v) is 5.58. The van der Waals surface area contributed by atoms with Gasteiger partial charge in [0.25, 0.3) is 0 Å². The van der Waals surface area contributed by atoms with Crippen LogP contribution >= 0.6 is 11.8 Å². The third-order valence-electron chi connectivity index (χ3n) is 4.17. The summed E-state index contributed by atoms with van der Waals surface area (Å²) in [7, 11) is 0. The van der Waals surface area contributed by atoms with Gasteiger partial charge < -0.3 is 5.32 Å². The average molecular weight is 292 g/mol. The van der Waals surface area contributed by atoms with Crippen LogP contribution in [0.4, 0.5) is 0 Å². The van der Waals surface area contributed by atoms with Crippen molar-refractivity contribution in [1.82, 2.24) is 5.32 Å². The molecule has 2 atom stereocenters. The molecule has 0 heterocycles. The van der Waals surface area contributed by atoms with Gasteiger partial charge in [0, 0.05) is 16.2 Å². The molecular weight excluding hydrogens is 262 g/mol. The molecule has 1 aromatic rings. The number of benzene rings is 1. The van der Waals surface area contributed by atoms with E-state index in [0.29, 0.717) is 6.04 Å². The Morgan fingerprint density at radius 3 is 2.45 bits per heavy atom. The summed E-state index contributed by atoms with van der Waals surface area (Å²) in [5, 5.41) is 4.54. The molecule has 112 valence electrons. The highest BCUT2D eigenvalue weighted by molar-refractivity contribution is 8.00. The lowest BCUT2D eigenvalue weighted by Crippen LogP contribution is -2.39. The number of hydrogen-bond donors (Lipinski definition) is 1. The van der Waals surface area contributed by atoms with Gasteiger partial charge in [0.05, 0.1) is 0 Å². The van der Waals surface area contributed by atoms with Gasteiger partial charge in [0.2, 0.25) is 0 Å². The van der Waals surface area contributed by atoms with Crippen LogP contribution in [0.1, 0.15) is 57.4 Å². The van der Waals surface area contributed by atoms with Crippen molar-refractivity contribution >= 4 is 11.8 Å². The molecule has 0 spiro atoms. The van der Waals surface area contributed by atoms with E-state index in [9.17, 15) is 0 Å². The van der Waals surface area contributed by atoms with E-state index in [4.69, 9.17) is 0 Å². The smallest absolute Gasteiger partial charge is 0.0248 e. The van der Waals surface area contributed by atoms with Gasteiger partial charge in [-0.05, 0) is 44.9 Å². The molecule has 1 aliphatic carbocycles. The van der Waals surface area contributed by atoms with Gasteiger partial charge in [-0.3, -0.25) is 0 Å². The minimum absolute atomic E-state index is 0.696. The molecular formula is C18H29NS. The van der Waals surface area contributed by atoms with E-state index in [1.807, 2.05) is 0 Å². The lowest BCUT2D eigenvalue weighted by atomic mass is 9.96. The lowest BCUT2D eigenvalue weighted by molar-refractivity contribution is 0.400. The summed E-state index contributed by atoms with van der Waals surface area (Å²) in [6, 6.07) is 9.74. The van der Waals surface area contributed by atoms with Crippen LogP contribution in [0, 0.1) is 6.92 Å². The second kappa shape index (κ2) is 8.74. The van der Waals surface area contributed by atoms with E-state index in [2.05, 4.69) is 55.2 Å². The van der Waals surface area contributed by atoms with Crippen molar-refractivity contribution in [3.05, 3.63) is 29.8 Å². The summed E-state index contributed by atoms with van der Waals surface area (Å²) < 4.78 is 0. The topological polar surface area (TPSA) is 12.0 Å². The summed E-state index contributed by atoms with van der Waals surface area (Å²) in [6.45, 7) is 5.59. The summed E-state index contributed by atoms with van der Waals surface area (Å²) >= 11 is 2.09. The molecule has 0 radical (unpaired) electrons. The molecule has 1 saturated carbocycles. The van der Waals surface area contributed by atoms with E-state index in [0.717, 1.165) is 11.8 Å². The van der Waals surface area contributed by atoms with Gasteiger partial charge >= 0.3 is 0 Å². The first-order valence-corrected chi connectivity index (χ1v) is 9.14. The lowest BCUT2D eigenvalue weighted by Gasteiger charge is -2.30. The van der Waals surface area contributed by atoms with Crippen molar-refractivity contribution in [1.29, 1.82) is 0 Å². The number of nitrogens with one attached hydrogen (secondary N) is 1. The molecule has 1 nitrogen and oxygen atoms in total. The normalized spacial score (nSPS) is 24.1. The SMILES string of the molecule is CCCNC1CCCCCCC1Sc1ccc(C)cc1. The Morgan fingerprint density at radius 2 is 1.75 bits per heavy atom. The quantitative estimate of drug-likeness (QED) is 0.802. The van der Waals surface area contributed by atoms with E-state index in [1.54, 1.807) is 0 Å². The highest BCUT2D eigenvalue weighted by Crippen LogP contribution is 2.32. The first kappa shape index (κ1) is 15.9. The molecule has 1 N–H and O–H groups in total. The van der Waals surface area contributed by atoms with Gasteiger partial charge in [0.1, 0.15) is 0 Å². The van der Waals surface area contributed by atoms with Gasteiger partial charge in [-0.2, -0.15) is 0 Å². The van der Waals surface area contributed by atoms with Crippen molar-refractivity contribution in [2.24, 2.45) is 0 Å². The zero-order chi connectivity index (χ0) is 14.2. The van der Waals surface area contributed by atoms with E-state index < -0.39 is 0 Å². The fourth-order valence-corrected chi connectivity index (χ4v) is 4.27. The number of hydrogen-bond acceptors (Lipinski definition) is 2. The second-order valence-electron chi connectivity index (χ2n) is 6.02. The predicted octanol–water partition coefficient (Wildman–Crippen LogP) is 5.18. The molecule has 20 heavy (non-hydrogen) atoms. The molecule has 0 aromatic heterocycles. The van der Waals surface area contributed by atoms with Crippen molar-refractivity contribution in [3.8, 4) is 0 Å². The van der Waals surface area contributed by atoms with E-state index in [-0.39, 0.29) is 0 Å². The van der Waals surface area contributed by atoms with Crippen LogP contribution in [-0.2, 0) is 0 Å². The second-order valence-corrected chi connectivity index (χ2v) is 7.33. The third kappa shape index (κ3) is 5.14. The monoisotopic (exact) mass is 291 g/mol. The van der Waals surface area contributed by atoms with Crippen LogP contribution in [0.5, 0.6) is 0 Å². The summed E-state index contributed by atoms with van der Waals surface area (Å²) in [4.78, 5) is 1.43. The number of thioether (sulfide) groups is 1. The summed E-state index contributed by atoms with van der Waals surface area (Å²) in [6.07, 6.45) is 9.58. The van der Waals surface area contributed by atoms with Gasteiger partial charge in [-0.1, -0.05) is 50.3 Å². The highest BCUT2D eigenvalue weighted by atomic mass is 32.2. The van der Waals surface area contributed by atoms with Crippen molar-refractivity contribution < 1.29 is 0 Å². The molecule has 1 aliphatic rings. The zero-order valence-electron chi connectivity index (χ0n) is 13.0. The molecule has 0 amide bonds. The van der Waals surface area contributed by atoms with Crippen LogP contribution in [0.3, 0.4) is 0 Å². The van der Waals surface area contributed by atoms with Gasteiger partial charge in [-0.25, -0.2) is 0 Å². The Bertz CT molecular complexity index is 372. The van der Waals surface area contributed by atoms with Gasteiger partial charge in [0.15, 0.2) is 0 Å². The van der Waals surface area contributed by atoms with Crippen molar-refractivity contribution in [2.45, 2.75) is 75.0 Å². The molecule has 2 rings (SSSR count). The fraction of sp³-hybridized carbons (Fsp3) is 0.667. The van der Waals surface area contributed by atoms with Crippen molar-refractivity contribution in [2.75, 3.05) is 6.54 Å². The zero-order valence-corrected chi connectivity index (χ0v) is 13.8. The molecule has 1 fully saturated rings. The molecule has 2 heteroatoms. The molecule has 2 unspecified atom stereocenters. The fourth-order valence-electron chi connectivity index (χ4n) is 2.95. The van der Waals surface area contributed by atoms with Crippen LogP contribution in [0.2, 0.25) is 0 Å². The predicted molar refractivity (Wildman–Crippen MR) is 90.6 cm³/mol. The Balaban J connectivity index is 1.99. The number of rotatable bonds is 5. The van der Waals surface area contributed by atoms with E-state index >= 15 is 0 Å². The first-order chi connectivity index (χ1) is 9.79. The van der Waals surface area contributed by atoms with E-state index in [1.165, 1.54) is 55.4 Å². The maximum Gasteiger partial charge on any atom is 0.0248 e. The molecule has 0 aliphatic heterocycles. The Labute approximate surface area is 128 Å². The Morgan fingerprint density at radius 1 is 1.05 bits per heavy atom. The molecule has 0 bridgehead atoms. The summed E-state index contributed by atoms with van der Waals surface area (Å²) in [5.41, 5.74) is 1.35. The summed E-state index contributed by atoms with van der Waals surface area (Å²) in [5.74, 6) is 0. The molecule has 0 saturated heterocycles. The standard InChI is InChI=1S/C18H29NS/c1-3-14-19-17-8-6-4-5-7-9-18(17)20-16-12-10-15(2)11-13-16/h10-13,17-19H,3-9,14H2,1-2H3.